The third kappa shape index (κ3) is 6.15. The highest BCUT2D eigenvalue weighted by atomic mass is 32.2. The first-order valence-electron chi connectivity index (χ1n) is 12.0. The highest BCUT2D eigenvalue weighted by molar-refractivity contribution is 8.00. The van der Waals surface area contributed by atoms with Gasteiger partial charge in [0.05, 0.1) is 5.92 Å². The predicted octanol–water partition coefficient (Wildman–Crippen LogP) is 1.75. The second-order valence-electron chi connectivity index (χ2n) is 8.94. The largest absolute Gasteiger partial charge is 0.425 e. The summed E-state index contributed by atoms with van der Waals surface area (Å²) in [6.07, 6.45) is 5.49. The van der Waals surface area contributed by atoms with Crippen LogP contribution >= 0.6 is 23.1 Å². The van der Waals surface area contributed by atoms with Crippen molar-refractivity contribution in [3.63, 3.8) is 0 Å². The lowest BCUT2D eigenvalue weighted by Crippen LogP contribution is -2.71. The SMILES string of the molecule is CC(OC(=O)C1=C(/C=C\c2cccnc2)CS[C@@H]2[C@H](NC(=O)C(=NO)c3csc(N)n3)C(=O)N12)OC(=O)C(C)C. The number of oxime groups is 1. The van der Waals surface area contributed by atoms with Crippen LogP contribution in [-0.4, -0.2) is 73.0 Å². The number of rotatable bonds is 9. The number of hydrogen-bond donors (Lipinski definition) is 3. The number of nitrogen functional groups attached to an aromatic ring is 1. The summed E-state index contributed by atoms with van der Waals surface area (Å²) in [6.45, 7) is 4.70. The smallest absolute Gasteiger partial charge is 0.358 e. The van der Waals surface area contributed by atoms with Crippen LogP contribution in [0.15, 0.2) is 52.4 Å². The summed E-state index contributed by atoms with van der Waals surface area (Å²) in [6, 6.07) is 2.56. The lowest BCUT2D eigenvalue weighted by Gasteiger charge is -2.49. The van der Waals surface area contributed by atoms with Gasteiger partial charge in [-0.3, -0.25) is 24.3 Å². The monoisotopic (exact) mass is 586 g/mol. The van der Waals surface area contributed by atoms with E-state index in [0.29, 0.717) is 11.3 Å². The molecule has 40 heavy (non-hydrogen) atoms. The molecule has 13 nitrogen and oxygen atoms in total. The Bertz CT molecular complexity index is 1410. The van der Waals surface area contributed by atoms with Gasteiger partial charge in [0, 0.05) is 30.5 Å². The fraction of sp³-hybridized carbons (Fsp3) is 0.320. The molecule has 0 saturated carbocycles. The van der Waals surface area contributed by atoms with Crippen LogP contribution in [-0.2, 0) is 28.7 Å². The van der Waals surface area contributed by atoms with E-state index in [2.05, 4.69) is 20.4 Å². The zero-order valence-corrected chi connectivity index (χ0v) is 23.3. The van der Waals surface area contributed by atoms with E-state index in [0.717, 1.165) is 16.9 Å². The number of anilines is 1. The number of fused-ring (bicyclic) bond motifs is 1. The summed E-state index contributed by atoms with van der Waals surface area (Å²) < 4.78 is 10.5. The normalized spacial score (nSPS) is 19.8. The molecule has 1 fully saturated rings. The van der Waals surface area contributed by atoms with Crippen molar-refractivity contribution in [1.82, 2.24) is 20.2 Å². The van der Waals surface area contributed by atoms with Gasteiger partial charge in [-0.15, -0.1) is 23.1 Å². The lowest BCUT2D eigenvalue weighted by molar-refractivity contribution is -0.186. The van der Waals surface area contributed by atoms with Crippen LogP contribution in [0, 0.1) is 5.92 Å². The van der Waals surface area contributed by atoms with E-state index in [1.165, 1.54) is 29.0 Å². The van der Waals surface area contributed by atoms with Gasteiger partial charge in [0.25, 0.3) is 11.8 Å². The van der Waals surface area contributed by atoms with Gasteiger partial charge in [-0.1, -0.05) is 37.2 Å². The number of carbonyl (C=O) groups excluding carboxylic acids is 4. The number of nitrogens with two attached hydrogens (primary N) is 1. The van der Waals surface area contributed by atoms with Crippen LogP contribution in [0.3, 0.4) is 0 Å². The van der Waals surface area contributed by atoms with Crippen molar-refractivity contribution < 1.29 is 33.9 Å². The highest BCUT2D eigenvalue weighted by Gasteiger charge is 2.54. The van der Waals surface area contributed by atoms with Crippen molar-refractivity contribution in [3.05, 3.63) is 58.5 Å². The molecule has 2 aromatic heterocycles. The molecule has 2 amide bonds. The molecule has 4 heterocycles. The second kappa shape index (κ2) is 12.3. The Labute approximate surface area is 237 Å². The van der Waals surface area contributed by atoms with E-state index < -0.39 is 53.1 Å². The molecule has 2 aliphatic heterocycles. The van der Waals surface area contributed by atoms with E-state index in [-0.39, 0.29) is 16.5 Å². The average Bonchev–Trinajstić information content (AvgIpc) is 3.36. The second-order valence-corrected chi connectivity index (χ2v) is 10.9. The van der Waals surface area contributed by atoms with Crippen molar-refractivity contribution in [1.29, 1.82) is 0 Å². The maximum Gasteiger partial charge on any atom is 0.358 e. The van der Waals surface area contributed by atoms with Gasteiger partial charge < -0.3 is 25.7 Å². The molecule has 1 saturated heterocycles. The Balaban J connectivity index is 1.57. The molecule has 15 heteroatoms. The quantitative estimate of drug-likeness (QED) is 0.0970. The van der Waals surface area contributed by atoms with Crippen LogP contribution in [0.2, 0.25) is 0 Å². The Morgan fingerprint density at radius 2 is 2.05 bits per heavy atom. The summed E-state index contributed by atoms with van der Waals surface area (Å²) in [5.41, 5.74) is 6.48. The molecule has 0 radical (unpaired) electrons. The van der Waals surface area contributed by atoms with Gasteiger partial charge in [0.15, 0.2) is 10.8 Å². The van der Waals surface area contributed by atoms with Gasteiger partial charge >= 0.3 is 11.9 Å². The number of hydrogen-bond acceptors (Lipinski definition) is 13. The van der Waals surface area contributed by atoms with Crippen molar-refractivity contribution in [2.45, 2.75) is 38.5 Å². The van der Waals surface area contributed by atoms with Crippen molar-refractivity contribution in [3.8, 4) is 0 Å². The maximum atomic E-state index is 13.3. The van der Waals surface area contributed by atoms with Gasteiger partial charge in [0.1, 0.15) is 22.8 Å². The van der Waals surface area contributed by atoms with E-state index in [9.17, 15) is 24.4 Å². The topological polar surface area (TPSA) is 186 Å². The minimum absolute atomic E-state index is 0.0323. The number of β-lactam (4-membered cyclic amide) rings is 1. The zero-order valence-electron chi connectivity index (χ0n) is 21.6. The number of amides is 2. The van der Waals surface area contributed by atoms with E-state index in [4.69, 9.17) is 15.2 Å². The van der Waals surface area contributed by atoms with Gasteiger partial charge in [0.2, 0.25) is 6.29 Å². The number of thioether (sulfide) groups is 1. The van der Waals surface area contributed by atoms with Crippen molar-refractivity contribution >= 4 is 63.8 Å². The summed E-state index contributed by atoms with van der Waals surface area (Å²) >= 11 is 2.38. The van der Waals surface area contributed by atoms with E-state index >= 15 is 0 Å². The number of allylic oxidation sites excluding steroid dienone is 1. The molecule has 3 atom stereocenters. The number of aromatic nitrogens is 2. The number of nitrogens with zero attached hydrogens (tertiary/aromatic N) is 4. The molecular weight excluding hydrogens is 560 g/mol. The minimum atomic E-state index is -1.20. The van der Waals surface area contributed by atoms with Gasteiger partial charge in [-0.2, -0.15) is 0 Å². The summed E-state index contributed by atoms with van der Waals surface area (Å²) in [5, 5.41) is 15.9. The predicted molar refractivity (Wildman–Crippen MR) is 147 cm³/mol. The van der Waals surface area contributed by atoms with Gasteiger partial charge in [-0.25, -0.2) is 9.78 Å². The molecule has 0 bridgehead atoms. The van der Waals surface area contributed by atoms with E-state index in [1.807, 2.05) is 6.07 Å². The van der Waals surface area contributed by atoms with Crippen LogP contribution in [0.1, 0.15) is 32.0 Å². The number of ether oxygens (including phenoxy) is 2. The molecule has 0 aromatic carbocycles. The number of esters is 2. The molecule has 2 aromatic rings. The summed E-state index contributed by atoms with van der Waals surface area (Å²) in [7, 11) is 0. The third-order valence-corrected chi connectivity index (χ3v) is 7.72. The van der Waals surface area contributed by atoms with Crippen LogP contribution in [0.25, 0.3) is 6.08 Å². The van der Waals surface area contributed by atoms with Crippen molar-refractivity contribution in [2.24, 2.45) is 11.1 Å². The van der Waals surface area contributed by atoms with Crippen LogP contribution in [0.5, 0.6) is 0 Å². The highest BCUT2D eigenvalue weighted by Crippen LogP contribution is 2.41. The third-order valence-electron chi connectivity index (χ3n) is 5.75. The first-order valence-corrected chi connectivity index (χ1v) is 13.9. The average molecular weight is 587 g/mol. The summed E-state index contributed by atoms with van der Waals surface area (Å²) in [4.78, 5) is 60.6. The van der Waals surface area contributed by atoms with Crippen molar-refractivity contribution in [2.75, 3.05) is 11.5 Å². The molecule has 4 N–H and O–H groups in total. The standard InChI is InChI=1S/C25H26N6O7S2/c1-12(2)23(34)37-13(3)38-24(35)19-15(7-6-14-5-4-8-27-9-14)10-39-22-18(21(33)31(19)22)29-20(32)17(30-36)16-11-40-25(26)28-16/h4-9,11-13,18,22,36H,10H2,1-3H3,(H2,26,28)(H,29,32)/b7-6-,30-17?/t13?,18-,22-/m1/s1. The molecule has 4 rings (SSSR count). The lowest BCUT2D eigenvalue weighted by atomic mass is 10.0. The van der Waals surface area contributed by atoms with Crippen LogP contribution in [0.4, 0.5) is 5.13 Å². The molecule has 0 aliphatic carbocycles. The fourth-order valence-corrected chi connectivity index (χ4v) is 5.65. The molecule has 1 unspecified atom stereocenters. The zero-order chi connectivity index (χ0) is 29.0. The maximum absolute atomic E-state index is 13.3. The number of thiazole rings is 1. The number of carbonyl (C=O) groups is 4. The first kappa shape index (κ1) is 28.8. The molecule has 2 aliphatic rings. The Kier molecular flexibility index (Phi) is 8.84. The number of pyridine rings is 1. The Morgan fingerprint density at radius 1 is 1.27 bits per heavy atom. The molecule has 0 spiro atoms. The minimum Gasteiger partial charge on any atom is -0.425 e. The first-order chi connectivity index (χ1) is 19.1. The van der Waals surface area contributed by atoms with Gasteiger partial charge in [-0.05, 0) is 17.2 Å². The van der Waals surface area contributed by atoms with Crippen LogP contribution < -0.4 is 11.1 Å². The Morgan fingerprint density at radius 3 is 2.67 bits per heavy atom. The Hall–Kier alpha value is -4.24. The fourth-order valence-electron chi connectivity index (χ4n) is 3.78. The summed E-state index contributed by atoms with van der Waals surface area (Å²) in [5.74, 6) is -2.96. The van der Waals surface area contributed by atoms with E-state index in [1.54, 1.807) is 44.5 Å². The molecular formula is C25H26N6O7S2. The number of nitrogens with one attached hydrogen (secondary N) is 1. The molecule has 210 valence electrons.